The Hall–Kier alpha value is -1.45. The molecular formula is C14H23N3O. The number of hydrogen-bond acceptors (Lipinski definition) is 3. The largest absolute Gasteiger partial charge is 0.297 e. The number of carbonyl (C=O) groups excluding carboxylic acids is 1. The zero-order chi connectivity index (χ0) is 13.4. The van der Waals surface area contributed by atoms with Crippen molar-refractivity contribution < 1.29 is 4.79 Å². The number of nitrogens with zero attached hydrogens (tertiary/aromatic N) is 3. The Bertz CT molecular complexity index is 379. The highest BCUT2D eigenvalue weighted by molar-refractivity contribution is 5.92. The highest BCUT2D eigenvalue weighted by atomic mass is 16.2. The summed E-state index contributed by atoms with van der Waals surface area (Å²) in [5.74, 6) is 0.961. The molecule has 18 heavy (non-hydrogen) atoms. The third-order valence-corrected chi connectivity index (χ3v) is 2.75. The number of carbonyl (C=O) groups is 1. The molecule has 0 N–H and O–H groups in total. The van der Waals surface area contributed by atoms with Crippen molar-refractivity contribution in [1.29, 1.82) is 0 Å². The van der Waals surface area contributed by atoms with Crippen LogP contribution in [0.1, 0.15) is 52.0 Å². The van der Waals surface area contributed by atoms with Gasteiger partial charge in [-0.05, 0) is 19.3 Å². The minimum Gasteiger partial charge on any atom is -0.297 e. The van der Waals surface area contributed by atoms with Gasteiger partial charge in [0.25, 0.3) is 0 Å². The van der Waals surface area contributed by atoms with Crippen LogP contribution in [-0.4, -0.2) is 22.4 Å². The molecule has 1 aromatic heterocycles. The van der Waals surface area contributed by atoms with Crippen molar-refractivity contribution in [2.45, 2.75) is 52.9 Å². The van der Waals surface area contributed by atoms with Crippen molar-refractivity contribution in [3.05, 3.63) is 18.1 Å². The van der Waals surface area contributed by atoms with Gasteiger partial charge in [-0.15, -0.1) is 0 Å². The molecule has 0 aliphatic rings. The van der Waals surface area contributed by atoms with E-state index in [4.69, 9.17) is 0 Å². The average Bonchev–Trinajstić information content (AvgIpc) is 2.37. The first kappa shape index (κ1) is 14.6. The van der Waals surface area contributed by atoms with Crippen molar-refractivity contribution >= 4 is 11.7 Å². The predicted octanol–water partition coefficient (Wildman–Crippen LogP) is 2.97. The number of hydrogen-bond donors (Lipinski definition) is 0. The smallest absolute Gasteiger partial charge is 0.228 e. The van der Waals surface area contributed by atoms with E-state index in [2.05, 4.69) is 23.8 Å². The molecule has 0 spiro atoms. The summed E-state index contributed by atoms with van der Waals surface area (Å²) in [4.78, 5) is 22.3. The van der Waals surface area contributed by atoms with Crippen LogP contribution in [0.25, 0.3) is 0 Å². The standard InChI is InChI=1S/C14H23N3O/c1-4-7-12-10-15-11-16-14(12)17(9-6-3)13(18)8-5-2/h10-11H,4-9H2,1-3H3. The van der Waals surface area contributed by atoms with Gasteiger partial charge in [0.2, 0.25) is 5.91 Å². The summed E-state index contributed by atoms with van der Waals surface area (Å²) >= 11 is 0. The first-order valence-electron chi connectivity index (χ1n) is 6.83. The van der Waals surface area contributed by atoms with Crippen LogP contribution in [0.5, 0.6) is 0 Å². The van der Waals surface area contributed by atoms with Gasteiger partial charge in [-0.2, -0.15) is 0 Å². The fraction of sp³-hybridized carbons (Fsp3) is 0.643. The fourth-order valence-electron chi connectivity index (χ4n) is 1.96. The van der Waals surface area contributed by atoms with E-state index in [1.165, 1.54) is 6.33 Å². The van der Waals surface area contributed by atoms with E-state index in [1.54, 1.807) is 0 Å². The maximum absolute atomic E-state index is 12.2. The van der Waals surface area contributed by atoms with Crippen molar-refractivity contribution in [2.75, 3.05) is 11.4 Å². The third-order valence-electron chi connectivity index (χ3n) is 2.75. The second-order valence-corrected chi connectivity index (χ2v) is 4.42. The quantitative estimate of drug-likeness (QED) is 0.746. The molecule has 0 aliphatic heterocycles. The van der Waals surface area contributed by atoms with Crippen LogP contribution in [0.4, 0.5) is 5.82 Å². The Morgan fingerprint density at radius 2 is 2.00 bits per heavy atom. The molecule has 1 amide bonds. The van der Waals surface area contributed by atoms with Gasteiger partial charge in [-0.3, -0.25) is 9.69 Å². The number of aryl methyl sites for hydroxylation is 1. The minimum absolute atomic E-state index is 0.162. The van der Waals surface area contributed by atoms with E-state index in [0.29, 0.717) is 6.42 Å². The summed E-state index contributed by atoms with van der Waals surface area (Å²) in [6.07, 6.45) is 7.68. The molecule has 100 valence electrons. The first-order valence-corrected chi connectivity index (χ1v) is 6.83. The van der Waals surface area contributed by atoms with Gasteiger partial charge in [0.05, 0.1) is 0 Å². The molecule has 4 heteroatoms. The first-order chi connectivity index (χ1) is 8.74. The molecule has 0 radical (unpaired) electrons. The van der Waals surface area contributed by atoms with Gasteiger partial charge in [-0.1, -0.05) is 27.2 Å². The molecule has 0 fully saturated rings. The molecule has 0 bridgehead atoms. The highest BCUT2D eigenvalue weighted by Crippen LogP contribution is 2.19. The maximum atomic E-state index is 12.2. The Morgan fingerprint density at radius 1 is 1.22 bits per heavy atom. The molecule has 1 heterocycles. The molecule has 0 saturated heterocycles. The lowest BCUT2D eigenvalue weighted by Gasteiger charge is -2.23. The topological polar surface area (TPSA) is 46.1 Å². The number of aromatic nitrogens is 2. The summed E-state index contributed by atoms with van der Waals surface area (Å²) in [7, 11) is 0. The molecular weight excluding hydrogens is 226 g/mol. The SMILES string of the molecule is CCCC(=O)N(CCC)c1ncncc1CCC. The summed E-state index contributed by atoms with van der Waals surface area (Å²) in [5.41, 5.74) is 1.07. The van der Waals surface area contributed by atoms with Crippen molar-refractivity contribution in [1.82, 2.24) is 9.97 Å². The minimum atomic E-state index is 0.162. The lowest BCUT2D eigenvalue weighted by molar-refractivity contribution is -0.118. The predicted molar refractivity (Wildman–Crippen MR) is 73.6 cm³/mol. The lowest BCUT2D eigenvalue weighted by atomic mass is 10.1. The molecule has 0 aromatic carbocycles. The summed E-state index contributed by atoms with van der Waals surface area (Å²) in [6, 6.07) is 0. The van der Waals surface area contributed by atoms with Crippen LogP contribution in [0.2, 0.25) is 0 Å². The van der Waals surface area contributed by atoms with Crippen LogP contribution in [0, 0.1) is 0 Å². The Kier molecular flexibility index (Phi) is 6.33. The van der Waals surface area contributed by atoms with Crippen LogP contribution in [0.3, 0.4) is 0 Å². The number of anilines is 1. The average molecular weight is 249 g/mol. The summed E-state index contributed by atoms with van der Waals surface area (Å²) in [5, 5.41) is 0. The van der Waals surface area contributed by atoms with Gasteiger partial charge in [0.1, 0.15) is 12.1 Å². The Balaban J connectivity index is 3.00. The molecule has 0 saturated carbocycles. The summed E-state index contributed by atoms with van der Waals surface area (Å²) < 4.78 is 0. The number of rotatable bonds is 7. The molecule has 1 rings (SSSR count). The molecule has 1 aromatic rings. The van der Waals surface area contributed by atoms with Crippen LogP contribution in [0.15, 0.2) is 12.5 Å². The van der Waals surface area contributed by atoms with E-state index in [0.717, 1.165) is 43.6 Å². The van der Waals surface area contributed by atoms with E-state index < -0.39 is 0 Å². The molecule has 4 nitrogen and oxygen atoms in total. The van der Waals surface area contributed by atoms with Gasteiger partial charge in [-0.25, -0.2) is 9.97 Å². The van der Waals surface area contributed by atoms with E-state index in [9.17, 15) is 4.79 Å². The monoisotopic (exact) mass is 249 g/mol. The van der Waals surface area contributed by atoms with Crippen molar-refractivity contribution in [3.63, 3.8) is 0 Å². The lowest BCUT2D eigenvalue weighted by Crippen LogP contribution is -2.33. The zero-order valence-corrected chi connectivity index (χ0v) is 11.6. The van der Waals surface area contributed by atoms with Gasteiger partial charge >= 0.3 is 0 Å². The summed E-state index contributed by atoms with van der Waals surface area (Å²) in [6.45, 7) is 6.95. The molecule has 0 atom stereocenters. The molecule has 0 aliphatic carbocycles. The Labute approximate surface area is 109 Å². The molecule has 0 unspecified atom stereocenters. The van der Waals surface area contributed by atoms with Gasteiger partial charge in [0, 0.05) is 24.7 Å². The second-order valence-electron chi connectivity index (χ2n) is 4.42. The van der Waals surface area contributed by atoms with E-state index in [1.807, 2.05) is 18.0 Å². The van der Waals surface area contributed by atoms with Gasteiger partial charge < -0.3 is 0 Å². The van der Waals surface area contributed by atoms with Crippen LogP contribution < -0.4 is 4.90 Å². The van der Waals surface area contributed by atoms with E-state index in [-0.39, 0.29) is 5.91 Å². The van der Waals surface area contributed by atoms with Crippen molar-refractivity contribution in [2.24, 2.45) is 0 Å². The Morgan fingerprint density at radius 3 is 2.61 bits per heavy atom. The van der Waals surface area contributed by atoms with Crippen molar-refractivity contribution in [3.8, 4) is 0 Å². The second kappa shape index (κ2) is 7.80. The third kappa shape index (κ3) is 3.79. The van der Waals surface area contributed by atoms with Crippen LogP contribution >= 0.6 is 0 Å². The highest BCUT2D eigenvalue weighted by Gasteiger charge is 2.18. The maximum Gasteiger partial charge on any atom is 0.228 e. The normalized spacial score (nSPS) is 10.4. The van der Waals surface area contributed by atoms with E-state index >= 15 is 0 Å². The van der Waals surface area contributed by atoms with Crippen LogP contribution in [-0.2, 0) is 11.2 Å². The zero-order valence-electron chi connectivity index (χ0n) is 11.6. The fourth-order valence-corrected chi connectivity index (χ4v) is 1.96. The van der Waals surface area contributed by atoms with Gasteiger partial charge in [0.15, 0.2) is 0 Å². The number of amides is 1.